The lowest BCUT2D eigenvalue weighted by molar-refractivity contribution is -0.0152. The van der Waals surface area contributed by atoms with Crippen molar-refractivity contribution in [3.8, 4) is 0 Å². The lowest BCUT2D eigenvalue weighted by Gasteiger charge is -2.32. The number of imidazole rings is 1. The van der Waals surface area contributed by atoms with Gasteiger partial charge in [0.05, 0.1) is 30.3 Å². The zero-order chi connectivity index (χ0) is 33.4. The highest BCUT2D eigenvalue weighted by Gasteiger charge is 2.51. The Bertz CT molecular complexity index is 1860. The summed E-state index contributed by atoms with van der Waals surface area (Å²) in [7, 11) is -3.31. The molecule has 0 bridgehead atoms. The zero-order valence-corrected chi connectivity index (χ0v) is 29.8. The number of benzene rings is 3. The van der Waals surface area contributed by atoms with Crippen LogP contribution in [0, 0.1) is 0 Å². The van der Waals surface area contributed by atoms with Gasteiger partial charge in [0.1, 0.15) is 19.8 Å². The third kappa shape index (κ3) is 6.26. The van der Waals surface area contributed by atoms with E-state index in [-0.39, 0.29) is 30.4 Å². The Labute approximate surface area is 289 Å². The van der Waals surface area contributed by atoms with E-state index in [1.54, 1.807) is 30.7 Å². The van der Waals surface area contributed by atoms with Gasteiger partial charge in [-0.2, -0.15) is 0 Å². The molecule has 0 aliphatic carbocycles. The first-order valence-electron chi connectivity index (χ1n) is 17.4. The van der Waals surface area contributed by atoms with Gasteiger partial charge in [-0.1, -0.05) is 103 Å². The van der Waals surface area contributed by atoms with Crippen molar-refractivity contribution in [2.45, 2.75) is 75.8 Å². The standard InChI is InChI=1S/C38H42N5O4PSi/c1-3-32-33(24-35(45-32)42-26-40-36-30(21-22-39-37(36)42)41-38(44)27-14-7-4-8-15-27)46-48-43-23-13-20-31(43)34(47-48)25-49(2,28-16-9-5-10-17-28)29-18-11-6-12-19-29/h4-12,14-19,21-22,26,31-35H,3,13,20,23-25H2,1-2H3,(H,39,41,44)/t31-,32+,33+,34+,35+,48-/m0/s1. The number of carbonyl (C=O) groups excluding carboxylic acids is 1. The van der Waals surface area contributed by atoms with Crippen LogP contribution in [-0.2, 0) is 13.8 Å². The number of nitrogens with zero attached hydrogens (tertiary/aromatic N) is 4. The lowest BCUT2D eigenvalue weighted by atomic mass is 10.1. The van der Waals surface area contributed by atoms with Crippen molar-refractivity contribution in [3.05, 3.63) is 115 Å². The number of fused-ring (bicyclic) bond motifs is 2. The average Bonchev–Trinajstić information content (AvgIpc) is 3.95. The highest BCUT2D eigenvalue weighted by molar-refractivity contribution is 7.45. The van der Waals surface area contributed by atoms with Gasteiger partial charge in [0.2, 0.25) is 0 Å². The number of aromatic nitrogens is 3. The maximum Gasteiger partial charge on any atom is 0.259 e. The Morgan fingerprint density at radius 1 is 0.959 bits per heavy atom. The van der Waals surface area contributed by atoms with E-state index in [2.05, 4.69) is 94.1 Å². The quantitative estimate of drug-likeness (QED) is 0.128. The van der Waals surface area contributed by atoms with Crippen molar-refractivity contribution in [1.29, 1.82) is 0 Å². The van der Waals surface area contributed by atoms with Crippen molar-refractivity contribution >= 4 is 49.7 Å². The number of pyridine rings is 1. The molecular weight excluding hydrogens is 650 g/mol. The van der Waals surface area contributed by atoms with Crippen molar-refractivity contribution in [2.75, 3.05) is 11.9 Å². The van der Waals surface area contributed by atoms with Crippen LogP contribution in [0.1, 0.15) is 49.2 Å². The van der Waals surface area contributed by atoms with Gasteiger partial charge in [-0.25, -0.2) is 14.6 Å². The fraction of sp³-hybridized carbons (Fsp3) is 0.342. The Kier molecular flexibility index (Phi) is 9.18. The van der Waals surface area contributed by atoms with Crippen LogP contribution >= 0.6 is 8.53 Å². The van der Waals surface area contributed by atoms with Gasteiger partial charge < -0.3 is 19.1 Å². The summed E-state index contributed by atoms with van der Waals surface area (Å²) in [5.74, 6) is -0.188. The average molecular weight is 692 g/mol. The topological polar surface area (TPSA) is 90.7 Å². The van der Waals surface area contributed by atoms with Gasteiger partial charge in [0.15, 0.2) is 5.65 Å². The molecule has 5 aromatic rings. The molecular formula is C38H42N5O4PSi. The molecule has 5 heterocycles. The van der Waals surface area contributed by atoms with Crippen LogP contribution in [-0.4, -0.2) is 64.1 Å². The molecule has 1 N–H and O–H groups in total. The number of anilines is 1. The molecule has 0 saturated carbocycles. The monoisotopic (exact) mass is 691 g/mol. The molecule has 11 heteroatoms. The normalized spacial score (nSPS) is 25.5. The molecule has 49 heavy (non-hydrogen) atoms. The van der Waals surface area contributed by atoms with Gasteiger partial charge >= 0.3 is 0 Å². The number of nitrogens with one attached hydrogen (secondary N) is 1. The SMILES string of the molecule is CC[C@H]1O[C@@H](n2cnc3c(NC(=O)c4ccccc4)ccnc32)C[C@H]1O[P@@]1O[C@H](C[Si](C)(c2ccccc2)c2ccccc2)[C@@H]2CCCN21. The number of hydrogen-bond acceptors (Lipinski definition) is 7. The minimum absolute atomic E-state index is 0.0807. The fourth-order valence-corrected chi connectivity index (χ4v) is 13.7. The molecule has 3 aliphatic heterocycles. The summed E-state index contributed by atoms with van der Waals surface area (Å²) in [6.07, 6.45) is 6.88. The predicted octanol–water partition coefficient (Wildman–Crippen LogP) is 6.75. The number of rotatable bonds is 10. The van der Waals surface area contributed by atoms with Gasteiger partial charge in [0.25, 0.3) is 14.4 Å². The highest BCUT2D eigenvalue weighted by Crippen LogP contribution is 2.59. The summed E-state index contributed by atoms with van der Waals surface area (Å²) in [5.41, 5.74) is 2.50. The third-order valence-electron chi connectivity index (χ3n) is 10.4. The van der Waals surface area contributed by atoms with E-state index in [9.17, 15) is 4.79 Å². The van der Waals surface area contributed by atoms with E-state index in [1.165, 1.54) is 16.8 Å². The molecule has 1 amide bonds. The van der Waals surface area contributed by atoms with Crippen molar-refractivity contribution < 1.29 is 18.6 Å². The van der Waals surface area contributed by atoms with Crippen LogP contribution in [0.15, 0.2) is 110 Å². The molecule has 8 rings (SSSR count). The van der Waals surface area contributed by atoms with E-state index < -0.39 is 16.6 Å². The Morgan fingerprint density at radius 2 is 1.65 bits per heavy atom. The smallest absolute Gasteiger partial charge is 0.259 e. The number of carbonyl (C=O) groups is 1. The third-order valence-corrected chi connectivity index (χ3v) is 16.7. The highest BCUT2D eigenvalue weighted by atomic mass is 31.2. The molecule has 0 radical (unpaired) electrons. The maximum absolute atomic E-state index is 12.9. The number of amides is 1. The molecule has 9 nitrogen and oxygen atoms in total. The van der Waals surface area contributed by atoms with Crippen molar-refractivity contribution in [1.82, 2.24) is 19.2 Å². The molecule has 3 fully saturated rings. The second kappa shape index (κ2) is 13.9. The molecule has 3 saturated heterocycles. The molecule has 0 spiro atoms. The molecule has 2 aromatic heterocycles. The second-order valence-electron chi connectivity index (χ2n) is 13.4. The van der Waals surface area contributed by atoms with E-state index in [0.29, 0.717) is 34.9 Å². The maximum atomic E-state index is 12.9. The van der Waals surface area contributed by atoms with Gasteiger partial charge in [-0.05, 0) is 43.5 Å². The van der Waals surface area contributed by atoms with Crippen molar-refractivity contribution in [3.63, 3.8) is 0 Å². The summed E-state index contributed by atoms with van der Waals surface area (Å²) < 4.78 is 25.1. The summed E-state index contributed by atoms with van der Waals surface area (Å²) in [5, 5.41) is 5.88. The summed E-state index contributed by atoms with van der Waals surface area (Å²) >= 11 is 0. The lowest BCUT2D eigenvalue weighted by Crippen LogP contribution is -2.58. The van der Waals surface area contributed by atoms with Gasteiger partial charge in [0, 0.05) is 30.8 Å². The Morgan fingerprint density at radius 3 is 2.35 bits per heavy atom. The molecule has 3 aliphatic rings. The van der Waals surface area contributed by atoms with Gasteiger partial charge in [-0.15, -0.1) is 0 Å². The molecule has 0 unspecified atom stereocenters. The predicted molar refractivity (Wildman–Crippen MR) is 196 cm³/mol. The van der Waals surface area contributed by atoms with E-state index in [4.69, 9.17) is 13.8 Å². The minimum Gasteiger partial charge on any atom is -0.352 e. The first kappa shape index (κ1) is 32.4. The summed E-state index contributed by atoms with van der Waals surface area (Å²) in [6, 6.07) is 34.4. The minimum atomic E-state index is -2.09. The second-order valence-corrected chi connectivity index (χ2v) is 19.1. The first-order valence-corrected chi connectivity index (χ1v) is 21.2. The largest absolute Gasteiger partial charge is 0.352 e. The Hall–Kier alpha value is -3.76. The summed E-state index contributed by atoms with van der Waals surface area (Å²) in [4.78, 5) is 22.2. The zero-order valence-electron chi connectivity index (χ0n) is 27.9. The van der Waals surface area contributed by atoms with Crippen LogP contribution in [0.5, 0.6) is 0 Å². The number of hydrogen-bond donors (Lipinski definition) is 1. The van der Waals surface area contributed by atoms with Gasteiger partial charge in [-0.3, -0.25) is 9.36 Å². The summed E-state index contributed by atoms with van der Waals surface area (Å²) in [6.45, 7) is 5.64. The first-order chi connectivity index (χ1) is 24.0. The van der Waals surface area contributed by atoms with Crippen LogP contribution < -0.4 is 15.7 Å². The van der Waals surface area contributed by atoms with Crippen LogP contribution in [0.3, 0.4) is 0 Å². The van der Waals surface area contributed by atoms with Crippen LogP contribution in [0.25, 0.3) is 11.2 Å². The van der Waals surface area contributed by atoms with Crippen molar-refractivity contribution in [2.24, 2.45) is 0 Å². The van der Waals surface area contributed by atoms with E-state index in [1.807, 2.05) is 22.8 Å². The molecule has 3 aromatic carbocycles. The van der Waals surface area contributed by atoms with Crippen LogP contribution in [0.4, 0.5) is 5.69 Å². The molecule has 252 valence electrons. The van der Waals surface area contributed by atoms with E-state index >= 15 is 0 Å². The van der Waals surface area contributed by atoms with Crippen LogP contribution in [0.2, 0.25) is 12.6 Å². The fourth-order valence-electron chi connectivity index (χ4n) is 7.77. The van der Waals surface area contributed by atoms with E-state index in [0.717, 1.165) is 25.4 Å². The number of ether oxygens (including phenoxy) is 1. The Balaban J connectivity index is 0.997. The molecule has 6 atom stereocenters.